The minimum atomic E-state index is -5.08. The average molecular weight is 710 g/mol. The lowest BCUT2D eigenvalue weighted by Crippen LogP contribution is -2.44. The minimum Gasteiger partial charge on any atom is -0.475 e. The number of alkyl halides is 3. The standard InChI is InChI=1S/C30H29N9O3S.C2HF3O2/c1-36-16-20(14-33-36)26-23(18-4-5-21-19(12-18)13-34-38(21)3)24-25-22(15-32-27(24)35-26)37(2)28(40)30(25)9-11-39(17-30)43(41,42)29(6-7-29)8-10-31;3-2(4,5)1(6)7/h4-5,12-16H,6-9,11,17H2,1-3H3,(H,32,35);(H,6,7). The molecule has 2 fully saturated rings. The maximum absolute atomic E-state index is 14.2. The van der Waals surface area contributed by atoms with Crippen molar-refractivity contribution in [3.05, 3.63) is 48.5 Å². The number of hydrogen-bond donors (Lipinski definition) is 2. The van der Waals surface area contributed by atoms with Crippen LogP contribution in [0.15, 0.2) is 43.0 Å². The summed E-state index contributed by atoms with van der Waals surface area (Å²) in [5.41, 5.74) is 5.48. The smallest absolute Gasteiger partial charge is 0.475 e. The molecule has 3 aliphatic rings. The van der Waals surface area contributed by atoms with Crippen LogP contribution in [0.25, 0.3) is 44.3 Å². The lowest BCUT2D eigenvalue weighted by Gasteiger charge is -2.26. The minimum absolute atomic E-state index is 0.0340. The van der Waals surface area contributed by atoms with Crippen LogP contribution in [0, 0.1) is 11.3 Å². The molecule has 1 spiro atoms. The van der Waals surface area contributed by atoms with Gasteiger partial charge in [-0.25, -0.2) is 18.2 Å². The number of amides is 1. The van der Waals surface area contributed by atoms with E-state index in [9.17, 15) is 31.6 Å². The van der Waals surface area contributed by atoms with Crippen LogP contribution >= 0.6 is 0 Å². The molecule has 0 radical (unpaired) electrons. The largest absolute Gasteiger partial charge is 0.490 e. The summed E-state index contributed by atoms with van der Waals surface area (Å²) in [6.07, 6.45) is 3.42. The van der Waals surface area contributed by atoms with Crippen molar-refractivity contribution in [2.75, 3.05) is 25.0 Å². The zero-order chi connectivity index (χ0) is 36.0. The van der Waals surface area contributed by atoms with Gasteiger partial charge in [-0.2, -0.15) is 32.9 Å². The van der Waals surface area contributed by atoms with Gasteiger partial charge in [0.25, 0.3) is 0 Å². The number of nitrogens with zero attached hydrogens (tertiary/aromatic N) is 8. The number of aryl methyl sites for hydroxylation is 2. The van der Waals surface area contributed by atoms with Gasteiger partial charge in [0, 0.05) is 67.9 Å². The van der Waals surface area contributed by atoms with E-state index in [0.717, 1.165) is 44.2 Å². The number of anilines is 1. The summed E-state index contributed by atoms with van der Waals surface area (Å²) in [6, 6.07) is 8.23. The monoisotopic (exact) mass is 709 g/mol. The predicted molar refractivity (Wildman–Crippen MR) is 174 cm³/mol. The normalized spacial score (nSPS) is 19.9. The van der Waals surface area contributed by atoms with Crippen molar-refractivity contribution in [3.63, 3.8) is 0 Å². The van der Waals surface area contributed by atoms with Gasteiger partial charge in [0.1, 0.15) is 5.65 Å². The van der Waals surface area contributed by atoms with E-state index in [1.807, 2.05) is 43.3 Å². The lowest BCUT2D eigenvalue weighted by atomic mass is 9.78. The maximum Gasteiger partial charge on any atom is 0.490 e. The molecule has 1 aromatic carbocycles. The molecule has 18 heteroatoms. The first-order valence-electron chi connectivity index (χ1n) is 15.5. The first-order valence-corrected chi connectivity index (χ1v) is 16.9. The summed E-state index contributed by atoms with van der Waals surface area (Å²) in [7, 11) is 1.72. The number of nitriles is 1. The number of carbonyl (C=O) groups excluding carboxylic acids is 1. The van der Waals surface area contributed by atoms with Gasteiger partial charge in [-0.15, -0.1) is 0 Å². The van der Waals surface area contributed by atoms with Crippen molar-refractivity contribution in [1.29, 1.82) is 5.26 Å². The molecule has 4 aromatic heterocycles. The van der Waals surface area contributed by atoms with Crippen LogP contribution in [-0.4, -0.2) is 90.3 Å². The number of sulfonamides is 1. The number of nitrogens with one attached hydrogen (secondary N) is 1. The van der Waals surface area contributed by atoms with Gasteiger partial charge in [-0.05, 0) is 37.0 Å². The third-order valence-electron chi connectivity index (χ3n) is 9.96. The number of aromatic amines is 1. The van der Waals surface area contributed by atoms with Crippen molar-refractivity contribution < 1.29 is 36.3 Å². The van der Waals surface area contributed by atoms with Gasteiger partial charge in [0.2, 0.25) is 15.9 Å². The number of hydrogen-bond acceptors (Lipinski definition) is 8. The number of fused-ring (bicyclic) bond motifs is 5. The summed E-state index contributed by atoms with van der Waals surface area (Å²) in [5, 5.41) is 27.1. The van der Waals surface area contributed by atoms with Crippen molar-refractivity contribution in [2.24, 2.45) is 14.1 Å². The molecule has 1 aliphatic carbocycles. The molecule has 1 saturated carbocycles. The number of rotatable bonds is 5. The van der Waals surface area contributed by atoms with Crippen LogP contribution in [0.2, 0.25) is 0 Å². The van der Waals surface area contributed by atoms with E-state index in [1.54, 1.807) is 29.0 Å². The van der Waals surface area contributed by atoms with Crippen LogP contribution in [0.4, 0.5) is 18.9 Å². The Balaban J connectivity index is 0.000000510. The maximum atomic E-state index is 14.2. The molecular formula is C32H30F3N9O5S. The van der Waals surface area contributed by atoms with E-state index in [-0.39, 0.29) is 25.4 Å². The number of pyridine rings is 1. The summed E-state index contributed by atoms with van der Waals surface area (Å²) < 4.78 is 63.4. The Morgan fingerprint density at radius 1 is 1.10 bits per heavy atom. The van der Waals surface area contributed by atoms with Crippen LogP contribution in [0.1, 0.15) is 31.2 Å². The third-order valence-corrected chi connectivity index (χ3v) is 12.6. The molecule has 1 amide bonds. The number of aliphatic carboxylic acids is 1. The molecule has 14 nitrogen and oxygen atoms in total. The second kappa shape index (κ2) is 11.1. The number of carboxylic acid groups (broad SMARTS) is 1. The Hall–Kier alpha value is -5.28. The van der Waals surface area contributed by atoms with Crippen molar-refractivity contribution in [2.45, 2.75) is 42.0 Å². The van der Waals surface area contributed by atoms with Crippen molar-refractivity contribution in [1.82, 2.24) is 33.8 Å². The molecule has 0 bridgehead atoms. The first-order chi connectivity index (χ1) is 23.5. The molecule has 8 rings (SSSR count). The zero-order valence-corrected chi connectivity index (χ0v) is 27.8. The van der Waals surface area contributed by atoms with Crippen LogP contribution in [0.3, 0.4) is 0 Å². The van der Waals surface area contributed by atoms with E-state index >= 15 is 0 Å². The van der Waals surface area contributed by atoms with E-state index < -0.39 is 32.3 Å². The Kier molecular flexibility index (Phi) is 7.39. The first kappa shape index (κ1) is 33.2. The molecule has 6 heterocycles. The van der Waals surface area contributed by atoms with Gasteiger partial charge < -0.3 is 15.0 Å². The molecule has 50 heavy (non-hydrogen) atoms. The summed E-state index contributed by atoms with van der Waals surface area (Å²) in [6.45, 7) is 0.251. The molecule has 2 N–H and O–H groups in total. The Bertz CT molecular complexity index is 2390. The number of benzene rings is 1. The van der Waals surface area contributed by atoms with E-state index in [1.165, 1.54) is 4.31 Å². The SMILES string of the molecule is CN1C(=O)C2(CCN(S(=O)(=O)C3(CC#N)CC3)C2)c2c1cnc1[nH]c(-c3cnn(C)c3)c(-c3ccc4c(cnn4C)c3)c21.O=C(O)C(F)(F)F. The fourth-order valence-electron chi connectivity index (χ4n) is 7.24. The molecular weight excluding hydrogens is 679 g/mol. The number of likely N-dealkylation sites (N-methyl/N-ethyl adjacent to an activating group) is 1. The van der Waals surface area contributed by atoms with Gasteiger partial charge in [-0.3, -0.25) is 14.2 Å². The van der Waals surface area contributed by atoms with Gasteiger partial charge >= 0.3 is 12.1 Å². The van der Waals surface area contributed by atoms with Gasteiger partial charge in [0.15, 0.2) is 0 Å². The van der Waals surface area contributed by atoms with E-state index in [4.69, 9.17) is 14.9 Å². The van der Waals surface area contributed by atoms with Crippen molar-refractivity contribution >= 4 is 49.5 Å². The average Bonchev–Trinajstić information content (AvgIpc) is 3.47. The molecule has 1 atom stereocenters. The second-order valence-corrected chi connectivity index (χ2v) is 15.2. The van der Waals surface area contributed by atoms with Gasteiger partial charge in [0.05, 0.1) is 58.1 Å². The highest BCUT2D eigenvalue weighted by Crippen LogP contribution is 2.55. The highest BCUT2D eigenvalue weighted by molar-refractivity contribution is 7.90. The number of H-pyrrole nitrogens is 1. The fourth-order valence-corrected chi connectivity index (χ4v) is 9.37. The molecule has 5 aromatic rings. The van der Waals surface area contributed by atoms with Crippen LogP contribution in [-0.2, 0) is 39.1 Å². The van der Waals surface area contributed by atoms with Crippen molar-refractivity contribution in [3.8, 4) is 28.5 Å². The zero-order valence-electron chi connectivity index (χ0n) is 27.0. The number of carboxylic acids is 1. The quantitative estimate of drug-likeness (QED) is 0.274. The van der Waals surface area contributed by atoms with Crippen LogP contribution in [0.5, 0.6) is 0 Å². The number of carbonyl (C=O) groups is 2. The molecule has 2 aliphatic heterocycles. The Labute approximate surface area is 282 Å². The molecule has 260 valence electrons. The molecule has 1 saturated heterocycles. The second-order valence-electron chi connectivity index (χ2n) is 12.9. The van der Waals surface area contributed by atoms with E-state index in [0.29, 0.717) is 30.6 Å². The summed E-state index contributed by atoms with van der Waals surface area (Å²) in [5.74, 6) is -2.90. The topological polar surface area (TPSA) is 183 Å². The number of aromatic nitrogens is 6. The highest BCUT2D eigenvalue weighted by Gasteiger charge is 2.62. The fraction of sp³-hybridized carbons (Fsp3) is 0.375. The van der Waals surface area contributed by atoms with Gasteiger partial charge in [-0.1, -0.05) is 6.07 Å². The highest BCUT2D eigenvalue weighted by atomic mass is 32.2. The Morgan fingerprint density at radius 2 is 1.82 bits per heavy atom. The molecule has 1 unspecified atom stereocenters. The van der Waals surface area contributed by atoms with E-state index in [2.05, 4.69) is 27.3 Å². The summed E-state index contributed by atoms with van der Waals surface area (Å²) in [4.78, 5) is 33.0. The third kappa shape index (κ3) is 4.86. The number of halogens is 3. The van der Waals surface area contributed by atoms with Crippen LogP contribution < -0.4 is 4.90 Å². The predicted octanol–water partition coefficient (Wildman–Crippen LogP) is 3.85. The Morgan fingerprint density at radius 3 is 2.44 bits per heavy atom. The summed E-state index contributed by atoms with van der Waals surface area (Å²) >= 11 is 0. The lowest BCUT2D eigenvalue weighted by molar-refractivity contribution is -0.192.